The average molecular weight is 264 g/mol. The van der Waals surface area contributed by atoms with E-state index in [2.05, 4.69) is 12.0 Å². The van der Waals surface area contributed by atoms with Crippen molar-refractivity contribution in [1.82, 2.24) is 9.78 Å². The highest BCUT2D eigenvalue weighted by Crippen LogP contribution is 2.20. The van der Waals surface area contributed by atoms with Gasteiger partial charge in [0, 0.05) is 29.9 Å². The van der Waals surface area contributed by atoms with E-state index in [4.69, 9.17) is 17.3 Å². The monoisotopic (exact) mass is 263 g/mol. The normalized spacial score (nSPS) is 12.7. The van der Waals surface area contributed by atoms with Gasteiger partial charge in [0.15, 0.2) is 0 Å². The minimum Gasteiger partial charge on any atom is -0.324 e. The molecule has 0 amide bonds. The summed E-state index contributed by atoms with van der Waals surface area (Å²) in [4.78, 5) is 0. The Balaban J connectivity index is 2.16. The van der Waals surface area contributed by atoms with Crippen molar-refractivity contribution in [2.45, 2.75) is 25.8 Å². The van der Waals surface area contributed by atoms with E-state index in [9.17, 15) is 0 Å². The van der Waals surface area contributed by atoms with Crippen LogP contribution < -0.4 is 5.73 Å². The van der Waals surface area contributed by atoms with Crippen molar-refractivity contribution in [3.05, 3.63) is 52.3 Å². The van der Waals surface area contributed by atoms with Crippen molar-refractivity contribution in [3.63, 3.8) is 0 Å². The molecule has 0 spiro atoms. The molecule has 0 aliphatic carbocycles. The Morgan fingerprint density at radius 2 is 2.00 bits per heavy atom. The van der Waals surface area contributed by atoms with Gasteiger partial charge in [0.1, 0.15) is 0 Å². The van der Waals surface area contributed by atoms with Crippen molar-refractivity contribution < 1.29 is 0 Å². The zero-order valence-electron chi connectivity index (χ0n) is 10.7. The molecular weight excluding hydrogens is 246 g/mol. The molecule has 2 rings (SSSR count). The molecule has 1 heterocycles. The van der Waals surface area contributed by atoms with Gasteiger partial charge in [-0.3, -0.25) is 4.68 Å². The summed E-state index contributed by atoms with van der Waals surface area (Å²) in [5, 5.41) is 5.17. The van der Waals surface area contributed by atoms with Crippen molar-refractivity contribution in [2.24, 2.45) is 12.8 Å². The number of aromatic nitrogens is 2. The molecule has 1 aromatic carbocycles. The fourth-order valence-corrected chi connectivity index (χ4v) is 2.25. The summed E-state index contributed by atoms with van der Waals surface area (Å²) >= 11 is 5.87. The molecule has 0 saturated heterocycles. The number of benzene rings is 1. The molecule has 4 heteroatoms. The van der Waals surface area contributed by atoms with Crippen molar-refractivity contribution in [2.75, 3.05) is 0 Å². The van der Waals surface area contributed by atoms with Gasteiger partial charge in [-0.1, -0.05) is 30.7 Å². The molecule has 0 saturated carbocycles. The quantitative estimate of drug-likeness (QED) is 0.922. The molecule has 2 aromatic rings. The maximum atomic E-state index is 6.27. The highest BCUT2D eigenvalue weighted by Gasteiger charge is 2.14. The fourth-order valence-electron chi connectivity index (χ4n) is 2.12. The third kappa shape index (κ3) is 2.92. The summed E-state index contributed by atoms with van der Waals surface area (Å²) in [6.45, 7) is 2.10. The Morgan fingerprint density at radius 1 is 1.33 bits per heavy atom. The van der Waals surface area contributed by atoms with Crippen LogP contribution in [0.15, 0.2) is 30.5 Å². The second-order valence-electron chi connectivity index (χ2n) is 4.50. The summed E-state index contributed by atoms with van der Waals surface area (Å²) in [7, 11) is 1.93. The molecule has 96 valence electrons. The first-order valence-corrected chi connectivity index (χ1v) is 6.50. The SMILES string of the molecule is CCc1nn(C)cc1C(N)Cc1ccc(Cl)cc1. The van der Waals surface area contributed by atoms with Crippen molar-refractivity contribution in [1.29, 1.82) is 0 Å². The number of aryl methyl sites for hydroxylation is 2. The van der Waals surface area contributed by atoms with Crippen molar-refractivity contribution >= 4 is 11.6 Å². The van der Waals surface area contributed by atoms with Crippen LogP contribution in [0.2, 0.25) is 5.02 Å². The molecule has 18 heavy (non-hydrogen) atoms. The Kier molecular flexibility index (Phi) is 4.04. The first-order chi connectivity index (χ1) is 8.60. The zero-order chi connectivity index (χ0) is 13.1. The summed E-state index contributed by atoms with van der Waals surface area (Å²) in [6.07, 6.45) is 3.72. The molecule has 0 radical (unpaired) electrons. The van der Waals surface area contributed by atoms with Crippen LogP contribution in [0.5, 0.6) is 0 Å². The lowest BCUT2D eigenvalue weighted by Gasteiger charge is -2.11. The van der Waals surface area contributed by atoms with E-state index in [1.54, 1.807) is 0 Å². The van der Waals surface area contributed by atoms with Gasteiger partial charge in [0.2, 0.25) is 0 Å². The zero-order valence-corrected chi connectivity index (χ0v) is 11.5. The Hall–Kier alpha value is -1.32. The van der Waals surface area contributed by atoms with Gasteiger partial charge in [0.25, 0.3) is 0 Å². The van der Waals surface area contributed by atoms with Gasteiger partial charge >= 0.3 is 0 Å². The van der Waals surface area contributed by atoms with Crippen LogP contribution in [0.4, 0.5) is 0 Å². The highest BCUT2D eigenvalue weighted by molar-refractivity contribution is 6.30. The van der Waals surface area contributed by atoms with Crippen LogP contribution >= 0.6 is 11.6 Å². The van der Waals surface area contributed by atoms with Gasteiger partial charge < -0.3 is 5.73 Å². The number of halogens is 1. The summed E-state index contributed by atoms with van der Waals surface area (Å²) in [5.41, 5.74) is 9.68. The second kappa shape index (κ2) is 5.55. The van der Waals surface area contributed by atoms with E-state index in [1.165, 1.54) is 5.56 Å². The summed E-state index contributed by atoms with van der Waals surface area (Å²) < 4.78 is 1.83. The lowest BCUT2D eigenvalue weighted by atomic mass is 9.99. The first-order valence-electron chi connectivity index (χ1n) is 6.12. The maximum absolute atomic E-state index is 6.27. The molecule has 2 N–H and O–H groups in total. The lowest BCUT2D eigenvalue weighted by molar-refractivity contribution is 0.711. The highest BCUT2D eigenvalue weighted by atomic mass is 35.5. The third-order valence-electron chi connectivity index (χ3n) is 3.04. The molecule has 1 atom stereocenters. The van der Waals surface area contributed by atoms with Gasteiger partial charge in [-0.2, -0.15) is 5.10 Å². The number of rotatable bonds is 4. The Bertz CT molecular complexity index is 516. The molecular formula is C14H18ClN3. The van der Waals surface area contributed by atoms with Crippen LogP contribution in [0, 0.1) is 0 Å². The standard InChI is InChI=1S/C14H18ClN3/c1-3-14-12(9-18(2)17-14)13(16)8-10-4-6-11(15)7-5-10/h4-7,9,13H,3,8,16H2,1-2H3. The average Bonchev–Trinajstić information content (AvgIpc) is 2.73. The minimum absolute atomic E-state index is 0.0187. The summed E-state index contributed by atoms with van der Waals surface area (Å²) in [6, 6.07) is 7.81. The fraction of sp³-hybridized carbons (Fsp3) is 0.357. The van der Waals surface area contributed by atoms with Gasteiger partial charge in [-0.15, -0.1) is 0 Å². The van der Waals surface area contributed by atoms with E-state index < -0.39 is 0 Å². The predicted molar refractivity (Wildman–Crippen MR) is 74.7 cm³/mol. The van der Waals surface area contributed by atoms with Gasteiger partial charge in [-0.25, -0.2) is 0 Å². The van der Waals surface area contributed by atoms with Crippen LogP contribution in [-0.4, -0.2) is 9.78 Å². The van der Waals surface area contributed by atoms with Crippen molar-refractivity contribution in [3.8, 4) is 0 Å². The summed E-state index contributed by atoms with van der Waals surface area (Å²) in [5.74, 6) is 0. The van der Waals surface area contributed by atoms with E-state index in [0.29, 0.717) is 0 Å². The van der Waals surface area contributed by atoms with Crippen LogP contribution in [0.25, 0.3) is 0 Å². The molecule has 0 aliphatic heterocycles. The number of nitrogens with zero attached hydrogens (tertiary/aromatic N) is 2. The Morgan fingerprint density at radius 3 is 2.61 bits per heavy atom. The number of hydrogen-bond acceptors (Lipinski definition) is 2. The number of hydrogen-bond donors (Lipinski definition) is 1. The largest absolute Gasteiger partial charge is 0.324 e. The lowest BCUT2D eigenvalue weighted by Crippen LogP contribution is -2.14. The molecule has 3 nitrogen and oxygen atoms in total. The molecule has 1 unspecified atom stereocenters. The van der Waals surface area contributed by atoms with Gasteiger partial charge in [0.05, 0.1) is 5.69 Å². The van der Waals surface area contributed by atoms with Crippen LogP contribution in [0.1, 0.15) is 29.8 Å². The van der Waals surface area contributed by atoms with Gasteiger partial charge in [-0.05, 0) is 30.5 Å². The predicted octanol–water partition coefficient (Wildman–Crippen LogP) is 2.88. The third-order valence-corrected chi connectivity index (χ3v) is 3.29. The van der Waals surface area contributed by atoms with E-state index in [1.807, 2.05) is 42.2 Å². The van der Waals surface area contributed by atoms with E-state index in [0.717, 1.165) is 29.1 Å². The van der Waals surface area contributed by atoms with Crippen LogP contribution in [-0.2, 0) is 19.9 Å². The molecule has 0 fully saturated rings. The van der Waals surface area contributed by atoms with E-state index in [-0.39, 0.29) is 6.04 Å². The van der Waals surface area contributed by atoms with Crippen LogP contribution in [0.3, 0.4) is 0 Å². The smallest absolute Gasteiger partial charge is 0.0669 e. The molecule has 0 bridgehead atoms. The topological polar surface area (TPSA) is 43.8 Å². The second-order valence-corrected chi connectivity index (χ2v) is 4.93. The van der Waals surface area contributed by atoms with E-state index >= 15 is 0 Å². The Labute approximate surface area is 113 Å². The maximum Gasteiger partial charge on any atom is 0.0669 e. The molecule has 1 aromatic heterocycles. The minimum atomic E-state index is -0.0187. The first kappa shape index (κ1) is 13.1. The molecule has 0 aliphatic rings. The number of nitrogens with two attached hydrogens (primary N) is 1.